The summed E-state index contributed by atoms with van der Waals surface area (Å²) in [7, 11) is 0. The molecule has 9 heteroatoms. The number of rotatable bonds is 6. The fraction of sp³-hybridized carbons (Fsp3) is 0.261. The van der Waals surface area contributed by atoms with Crippen molar-refractivity contribution in [3.05, 3.63) is 72.1 Å². The van der Waals surface area contributed by atoms with Crippen LogP contribution >= 0.6 is 12.4 Å². The standard InChI is InChI=1S/C23H24N4O4.ClH/c1-17-14-21(27(24-17)18-6-3-2-4-7-18)23(30)26-12-10-25(11-13-26)19-8-5-9-20(15-19)31-16-22(28)29;/h2-9,14-15H,10-13,16H2,1H3,(H,28,29);1H. The van der Waals surface area contributed by atoms with Crippen molar-refractivity contribution in [2.24, 2.45) is 0 Å². The van der Waals surface area contributed by atoms with Crippen molar-refractivity contribution in [1.82, 2.24) is 14.7 Å². The Kier molecular flexibility index (Phi) is 7.37. The quantitative estimate of drug-likeness (QED) is 0.613. The van der Waals surface area contributed by atoms with E-state index in [1.807, 2.05) is 66.4 Å². The van der Waals surface area contributed by atoms with Gasteiger partial charge in [0.1, 0.15) is 11.4 Å². The molecule has 1 aromatic heterocycles. The normalized spacial score (nSPS) is 13.4. The molecule has 2 heterocycles. The van der Waals surface area contributed by atoms with Crippen molar-refractivity contribution in [3.8, 4) is 11.4 Å². The number of carbonyl (C=O) groups excluding carboxylic acids is 1. The number of carbonyl (C=O) groups is 2. The molecule has 32 heavy (non-hydrogen) atoms. The van der Waals surface area contributed by atoms with Gasteiger partial charge < -0.3 is 19.6 Å². The van der Waals surface area contributed by atoms with Gasteiger partial charge in [-0.3, -0.25) is 4.79 Å². The highest BCUT2D eigenvalue weighted by Crippen LogP contribution is 2.23. The summed E-state index contributed by atoms with van der Waals surface area (Å²) in [5.41, 5.74) is 3.15. The number of para-hydroxylation sites is 1. The predicted molar refractivity (Wildman–Crippen MR) is 123 cm³/mol. The van der Waals surface area contributed by atoms with Gasteiger partial charge in [0.25, 0.3) is 5.91 Å². The highest BCUT2D eigenvalue weighted by atomic mass is 35.5. The lowest BCUT2D eigenvalue weighted by Crippen LogP contribution is -2.49. The lowest BCUT2D eigenvalue weighted by Gasteiger charge is -2.36. The second kappa shape index (κ2) is 10.2. The monoisotopic (exact) mass is 456 g/mol. The Morgan fingerprint density at radius 3 is 2.34 bits per heavy atom. The number of nitrogens with zero attached hydrogens (tertiary/aromatic N) is 4. The number of ether oxygens (including phenoxy) is 1. The van der Waals surface area contributed by atoms with Crippen LogP contribution in [0.3, 0.4) is 0 Å². The maximum atomic E-state index is 13.2. The Morgan fingerprint density at radius 2 is 1.66 bits per heavy atom. The first-order chi connectivity index (χ1) is 15.0. The van der Waals surface area contributed by atoms with E-state index in [4.69, 9.17) is 9.84 Å². The molecule has 3 aromatic rings. The number of aromatic nitrogens is 2. The van der Waals surface area contributed by atoms with Gasteiger partial charge in [-0.2, -0.15) is 5.10 Å². The number of carboxylic acid groups (broad SMARTS) is 1. The molecule has 0 aliphatic carbocycles. The summed E-state index contributed by atoms with van der Waals surface area (Å²) in [6, 6.07) is 18.8. The topological polar surface area (TPSA) is 87.9 Å². The fourth-order valence-corrected chi connectivity index (χ4v) is 3.66. The third kappa shape index (κ3) is 5.20. The maximum absolute atomic E-state index is 13.2. The van der Waals surface area contributed by atoms with Gasteiger partial charge in [-0.05, 0) is 37.3 Å². The van der Waals surface area contributed by atoms with Gasteiger partial charge in [-0.25, -0.2) is 9.48 Å². The highest BCUT2D eigenvalue weighted by Gasteiger charge is 2.25. The predicted octanol–water partition coefficient (Wildman–Crippen LogP) is 3.03. The highest BCUT2D eigenvalue weighted by molar-refractivity contribution is 5.93. The SMILES string of the molecule is Cc1cc(C(=O)N2CCN(c3cccc(OCC(=O)O)c3)CC2)n(-c2ccccc2)n1.Cl. The summed E-state index contributed by atoms with van der Waals surface area (Å²) < 4.78 is 6.97. The first-order valence-electron chi connectivity index (χ1n) is 10.1. The molecule has 8 nitrogen and oxygen atoms in total. The molecule has 0 saturated carbocycles. The molecule has 1 amide bonds. The molecular weight excluding hydrogens is 432 g/mol. The van der Waals surface area contributed by atoms with Crippen molar-refractivity contribution in [2.45, 2.75) is 6.92 Å². The number of amides is 1. The Balaban J connectivity index is 0.00000289. The summed E-state index contributed by atoms with van der Waals surface area (Å²) in [6.45, 7) is 4.02. The van der Waals surface area contributed by atoms with Crippen molar-refractivity contribution in [1.29, 1.82) is 0 Å². The van der Waals surface area contributed by atoms with E-state index in [1.165, 1.54) is 0 Å². The smallest absolute Gasteiger partial charge is 0.341 e. The van der Waals surface area contributed by atoms with Crippen molar-refractivity contribution in [2.75, 3.05) is 37.7 Å². The fourth-order valence-electron chi connectivity index (χ4n) is 3.66. The molecule has 0 spiro atoms. The van der Waals surface area contributed by atoms with Crippen molar-refractivity contribution >= 4 is 30.0 Å². The van der Waals surface area contributed by atoms with Gasteiger partial charge in [0.2, 0.25) is 0 Å². The zero-order chi connectivity index (χ0) is 21.8. The number of benzene rings is 2. The maximum Gasteiger partial charge on any atom is 0.341 e. The third-order valence-corrected chi connectivity index (χ3v) is 5.16. The van der Waals surface area contributed by atoms with Gasteiger partial charge in [0.15, 0.2) is 6.61 Å². The van der Waals surface area contributed by atoms with Crippen LogP contribution in [-0.2, 0) is 4.79 Å². The Hall–Kier alpha value is -3.52. The van der Waals surface area contributed by atoms with E-state index in [-0.39, 0.29) is 24.9 Å². The van der Waals surface area contributed by atoms with Gasteiger partial charge in [0, 0.05) is 37.9 Å². The van der Waals surface area contributed by atoms with Crippen LogP contribution in [0.2, 0.25) is 0 Å². The van der Waals surface area contributed by atoms with Crippen LogP contribution in [0.4, 0.5) is 5.69 Å². The molecule has 0 bridgehead atoms. The van der Waals surface area contributed by atoms with Crippen LogP contribution in [0.25, 0.3) is 5.69 Å². The van der Waals surface area contributed by atoms with E-state index < -0.39 is 5.97 Å². The number of piperazine rings is 1. The van der Waals surface area contributed by atoms with Gasteiger partial charge in [-0.15, -0.1) is 12.4 Å². The van der Waals surface area contributed by atoms with Crippen LogP contribution < -0.4 is 9.64 Å². The molecule has 4 rings (SSSR count). The molecule has 1 saturated heterocycles. The van der Waals surface area contributed by atoms with Crippen LogP contribution in [-0.4, -0.2) is 64.4 Å². The minimum Gasteiger partial charge on any atom is -0.482 e. The van der Waals surface area contributed by atoms with E-state index in [2.05, 4.69) is 10.00 Å². The number of anilines is 1. The molecule has 0 atom stereocenters. The lowest BCUT2D eigenvalue weighted by atomic mass is 10.2. The van der Waals surface area contributed by atoms with E-state index in [1.54, 1.807) is 10.7 Å². The number of aryl methyl sites for hydroxylation is 1. The molecule has 168 valence electrons. The number of halogens is 1. The van der Waals surface area contributed by atoms with Gasteiger partial charge in [0.05, 0.1) is 11.4 Å². The lowest BCUT2D eigenvalue weighted by molar-refractivity contribution is -0.139. The molecule has 0 unspecified atom stereocenters. The number of carboxylic acids is 1. The second-order valence-corrected chi connectivity index (χ2v) is 7.38. The molecule has 1 fully saturated rings. The van der Waals surface area contributed by atoms with E-state index >= 15 is 0 Å². The van der Waals surface area contributed by atoms with Crippen LogP contribution in [0, 0.1) is 6.92 Å². The van der Waals surface area contributed by atoms with Crippen LogP contribution in [0.1, 0.15) is 16.2 Å². The molecule has 1 aliphatic rings. The third-order valence-electron chi connectivity index (χ3n) is 5.16. The molecule has 0 radical (unpaired) electrons. The van der Waals surface area contributed by atoms with E-state index in [0.29, 0.717) is 37.6 Å². The first-order valence-corrected chi connectivity index (χ1v) is 10.1. The summed E-state index contributed by atoms with van der Waals surface area (Å²) in [5.74, 6) is -0.536. The Bertz CT molecular complexity index is 1080. The van der Waals surface area contributed by atoms with Gasteiger partial charge in [-0.1, -0.05) is 24.3 Å². The zero-order valence-corrected chi connectivity index (χ0v) is 18.5. The second-order valence-electron chi connectivity index (χ2n) is 7.38. The van der Waals surface area contributed by atoms with E-state index in [0.717, 1.165) is 17.1 Å². The largest absolute Gasteiger partial charge is 0.482 e. The molecule has 2 aromatic carbocycles. The molecular formula is C23H25ClN4O4. The van der Waals surface area contributed by atoms with Crippen LogP contribution in [0.15, 0.2) is 60.7 Å². The zero-order valence-electron chi connectivity index (χ0n) is 17.7. The number of hydrogen-bond donors (Lipinski definition) is 1. The average Bonchev–Trinajstić information content (AvgIpc) is 3.20. The van der Waals surface area contributed by atoms with Crippen molar-refractivity contribution in [3.63, 3.8) is 0 Å². The summed E-state index contributed by atoms with van der Waals surface area (Å²) in [4.78, 5) is 27.9. The summed E-state index contributed by atoms with van der Waals surface area (Å²) in [5, 5.41) is 13.3. The molecule has 1 aliphatic heterocycles. The van der Waals surface area contributed by atoms with Crippen molar-refractivity contribution < 1.29 is 19.4 Å². The Morgan fingerprint density at radius 1 is 0.969 bits per heavy atom. The first kappa shape index (κ1) is 23.1. The summed E-state index contributed by atoms with van der Waals surface area (Å²) >= 11 is 0. The minimum absolute atomic E-state index is 0. The van der Waals surface area contributed by atoms with E-state index in [9.17, 15) is 9.59 Å². The average molecular weight is 457 g/mol. The number of aliphatic carboxylic acids is 1. The number of hydrogen-bond acceptors (Lipinski definition) is 5. The Labute approximate surface area is 192 Å². The van der Waals surface area contributed by atoms with Crippen LogP contribution in [0.5, 0.6) is 5.75 Å². The minimum atomic E-state index is -1.01. The molecule has 1 N–H and O–H groups in total. The van der Waals surface area contributed by atoms with Gasteiger partial charge >= 0.3 is 5.97 Å². The summed E-state index contributed by atoms with van der Waals surface area (Å²) in [6.07, 6.45) is 0.